The van der Waals surface area contributed by atoms with E-state index in [0.717, 1.165) is 20.1 Å². The van der Waals surface area contributed by atoms with E-state index in [4.69, 9.17) is 17.0 Å². The molecule has 0 saturated carbocycles. The molecule has 0 bridgehead atoms. The molecule has 140 valence electrons. The van der Waals surface area contributed by atoms with E-state index in [1.165, 1.54) is 10.5 Å². The van der Waals surface area contributed by atoms with Crippen LogP contribution in [0.15, 0.2) is 51.0 Å². The van der Waals surface area contributed by atoms with E-state index in [1.54, 1.807) is 6.08 Å². The molecule has 3 rings (SSSR count). The van der Waals surface area contributed by atoms with Crippen molar-refractivity contribution in [3.05, 3.63) is 67.7 Å². The van der Waals surface area contributed by atoms with Crippen molar-refractivity contribution in [3.63, 3.8) is 0 Å². The quantitative estimate of drug-likeness (QED) is 0.445. The zero-order valence-corrected chi connectivity index (χ0v) is 18.9. The molecule has 2 aromatic carbocycles. The molecule has 0 aromatic heterocycles. The summed E-state index contributed by atoms with van der Waals surface area (Å²) < 4.78 is 7.57. The third-order valence-electron chi connectivity index (χ3n) is 4.11. The van der Waals surface area contributed by atoms with Crippen LogP contribution in [0.3, 0.4) is 0 Å². The maximum Gasteiger partial charge on any atom is 0.276 e. The fourth-order valence-corrected chi connectivity index (χ4v) is 4.44. The van der Waals surface area contributed by atoms with Gasteiger partial charge in [0.05, 0.1) is 8.95 Å². The van der Waals surface area contributed by atoms with Gasteiger partial charge in [0.1, 0.15) is 18.1 Å². The van der Waals surface area contributed by atoms with Crippen LogP contribution >= 0.6 is 44.1 Å². The molecule has 7 heteroatoms. The number of halogens is 2. The van der Waals surface area contributed by atoms with Gasteiger partial charge < -0.3 is 10.1 Å². The summed E-state index contributed by atoms with van der Waals surface area (Å²) in [6.45, 7) is 4.96. The number of thiocarbonyl (C=S) groups is 1. The molecule has 1 heterocycles. The fraction of sp³-hybridized carbons (Fsp3) is 0.200. The van der Waals surface area contributed by atoms with Crippen molar-refractivity contribution < 1.29 is 9.53 Å². The number of nitrogens with zero attached hydrogens (tertiary/aromatic N) is 1. The van der Waals surface area contributed by atoms with Crippen molar-refractivity contribution >= 4 is 61.2 Å². The number of carbonyl (C=O) groups is 1. The predicted molar refractivity (Wildman–Crippen MR) is 118 cm³/mol. The molecule has 0 atom stereocenters. The van der Waals surface area contributed by atoms with Gasteiger partial charge in [0.25, 0.3) is 5.91 Å². The lowest BCUT2D eigenvalue weighted by atomic mass is 10.1. The average Bonchev–Trinajstić information content (AvgIpc) is 2.88. The first-order chi connectivity index (χ1) is 12.9. The summed E-state index contributed by atoms with van der Waals surface area (Å²) >= 11 is 12.3. The molecule has 0 aliphatic carbocycles. The van der Waals surface area contributed by atoms with Crippen molar-refractivity contribution in [2.24, 2.45) is 0 Å². The number of hydrogen-bond acceptors (Lipinski definition) is 3. The maximum atomic E-state index is 12.3. The smallest absolute Gasteiger partial charge is 0.276 e. The van der Waals surface area contributed by atoms with Gasteiger partial charge >= 0.3 is 0 Å². The van der Waals surface area contributed by atoms with Crippen LogP contribution < -0.4 is 10.1 Å². The van der Waals surface area contributed by atoms with Crippen molar-refractivity contribution in [1.82, 2.24) is 10.2 Å². The highest BCUT2D eigenvalue weighted by atomic mass is 79.9. The number of carbonyl (C=O) groups excluding carboxylic acids is 1. The summed E-state index contributed by atoms with van der Waals surface area (Å²) in [6.07, 6.45) is 1.78. The monoisotopic (exact) mass is 508 g/mol. The SMILES string of the molecule is CCN1C(=O)/C(=C/c2cc(Br)c(OCc3ccc(C)cc3)c(Br)c2)NC1=S. The fourth-order valence-electron chi connectivity index (χ4n) is 2.67. The van der Waals surface area contributed by atoms with Gasteiger partial charge in [0.2, 0.25) is 0 Å². The van der Waals surface area contributed by atoms with Gasteiger partial charge in [-0.2, -0.15) is 0 Å². The predicted octanol–water partition coefficient (Wildman–Crippen LogP) is 5.18. The second-order valence-electron chi connectivity index (χ2n) is 6.13. The van der Waals surface area contributed by atoms with Gasteiger partial charge in [-0.1, -0.05) is 29.8 Å². The Hall–Kier alpha value is -1.70. The van der Waals surface area contributed by atoms with E-state index >= 15 is 0 Å². The summed E-state index contributed by atoms with van der Waals surface area (Å²) in [5.74, 6) is 0.601. The van der Waals surface area contributed by atoms with E-state index in [-0.39, 0.29) is 5.91 Å². The highest BCUT2D eigenvalue weighted by Crippen LogP contribution is 2.36. The summed E-state index contributed by atoms with van der Waals surface area (Å²) in [7, 11) is 0. The number of hydrogen-bond donors (Lipinski definition) is 1. The average molecular weight is 510 g/mol. The van der Waals surface area contributed by atoms with Gasteiger partial charge in [-0.3, -0.25) is 9.69 Å². The van der Waals surface area contributed by atoms with Gasteiger partial charge in [-0.15, -0.1) is 0 Å². The number of nitrogens with one attached hydrogen (secondary N) is 1. The summed E-state index contributed by atoms with van der Waals surface area (Å²) in [5, 5.41) is 3.40. The lowest BCUT2D eigenvalue weighted by Gasteiger charge is -2.12. The van der Waals surface area contributed by atoms with Crippen LogP contribution in [0.5, 0.6) is 5.75 Å². The summed E-state index contributed by atoms with van der Waals surface area (Å²) in [4.78, 5) is 13.9. The number of ether oxygens (including phenoxy) is 1. The summed E-state index contributed by atoms with van der Waals surface area (Å²) in [6, 6.07) is 12.1. The molecule has 0 unspecified atom stereocenters. The molecule has 0 radical (unpaired) electrons. The van der Waals surface area contributed by atoms with Crippen LogP contribution in [-0.2, 0) is 11.4 Å². The lowest BCUT2D eigenvalue weighted by Crippen LogP contribution is -2.30. The van der Waals surface area contributed by atoms with Crippen LogP contribution in [0, 0.1) is 6.92 Å². The van der Waals surface area contributed by atoms with Crippen LogP contribution in [0.4, 0.5) is 0 Å². The van der Waals surface area contributed by atoms with Gasteiger partial charge in [-0.05, 0) is 87.3 Å². The summed E-state index contributed by atoms with van der Waals surface area (Å²) in [5.41, 5.74) is 3.64. The first-order valence-electron chi connectivity index (χ1n) is 8.41. The number of likely N-dealkylation sites (N-methyl/N-ethyl adjacent to an activating group) is 1. The first-order valence-corrected chi connectivity index (χ1v) is 10.4. The van der Waals surface area contributed by atoms with E-state index < -0.39 is 0 Å². The van der Waals surface area contributed by atoms with Crippen LogP contribution in [0.25, 0.3) is 6.08 Å². The molecular weight excluding hydrogens is 492 g/mol. The van der Waals surface area contributed by atoms with Crippen molar-refractivity contribution in [2.45, 2.75) is 20.5 Å². The molecule has 1 aliphatic heterocycles. The molecular formula is C20H18Br2N2O2S. The highest BCUT2D eigenvalue weighted by Gasteiger charge is 2.29. The minimum atomic E-state index is -0.116. The van der Waals surface area contributed by atoms with Crippen molar-refractivity contribution in [2.75, 3.05) is 6.54 Å². The third kappa shape index (κ3) is 4.59. The third-order valence-corrected chi connectivity index (χ3v) is 5.61. The molecule has 1 fully saturated rings. The van der Waals surface area contributed by atoms with Crippen LogP contribution in [0.1, 0.15) is 23.6 Å². The molecule has 1 aliphatic rings. The highest BCUT2D eigenvalue weighted by molar-refractivity contribution is 9.11. The number of amides is 1. The number of rotatable bonds is 5. The molecule has 2 aromatic rings. The Kier molecular flexibility index (Phi) is 6.34. The van der Waals surface area contributed by atoms with Gasteiger partial charge in [0.15, 0.2) is 5.11 Å². The minimum Gasteiger partial charge on any atom is -0.487 e. The standard InChI is InChI=1S/C20H18Br2N2O2S/c1-3-24-19(25)17(23-20(24)27)10-14-8-15(21)18(16(22)9-14)26-11-13-6-4-12(2)5-7-13/h4-10H,3,11H2,1-2H3,(H,23,27)/b17-10-. The van der Waals surface area contributed by atoms with Crippen LogP contribution in [-0.4, -0.2) is 22.5 Å². The molecule has 1 N–H and O–H groups in total. The maximum absolute atomic E-state index is 12.3. The Morgan fingerprint density at radius 3 is 2.37 bits per heavy atom. The minimum absolute atomic E-state index is 0.116. The van der Waals surface area contributed by atoms with E-state index in [0.29, 0.717) is 29.7 Å². The zero-order chi connectivity index (χ0) is 19.6. The van der Waals surface area contributed by atoms with E-state index in [2.05, 4.69) is 68.4 Å². The van der Waals surface area contributed by atoms with E-state index in [9.17, 15) is 4.79 Å². The van der Waals surface area contributed by atoms with Crippen molar-refractivity contribution in [1.29, 1.82) is 0 Å². The lowest BCUT2D eigenvalue weighted by molar-refractivity contribution is -0.122. The Labute approximate surface area is 180 Å². The topological polar surface area (TPSA) is 41.6 Å². The Morgan fingerprint density at radius 1 is 1.19 bits per heavy atom. The molecule has 27 heavy (non-hydrogen) atoms. The molecule has 4 nitrogen and oxygen atoms in total. The van der Waals surface area contributed by atoms with E-state index in [1.807, 2.05) is 19.1 Å². The Morgan fingerprint density at radius 2 is 1.81 bits per heavy atom. The molecule has 1 saturated heterocycles. The van der Waals surface area contributed by atoms with Crippen LogP contribution in [0.2, 0.25) is 0 Å². The molecule has 1 amide bonds. The second kappa shape index (κ2) is 8.54. The number of benzene rings is 2. The Bertz CT molecular complexity index is 903. The largest absolute Gasteiger partial charge is 0.487 e. The number of aryl methyl sites for hydroxylation is 1. The normalized spacial score (nSPS) is 15.4. The van der Waals surface area contributed by atoms with Gasteiger partial charge in [-0.25, -0.2) is 0 Å². The van der Waals surface area contributed by atoms with Gasteiger partial charge in [0, 0.05) is 6.54 Å². The second-order valence-corrected chi connectivity index (χ2v) is 8.22. The first kappa shape index (κ1) is 20.0. The molecule has 0 spiro atoms. The zero-order valence-electron chi connectivity index (χ0n) is 14.9. The van der Waals surface area contributed by atoms with Crippen molar-refractivity contribution in [3.8, 4) is 5.75 Å². The Balaban J connectivity index is 1.79.